The van der Waals surface area contributed by atoms with Crippen LogP contribution in [0.5, 0.6) is 0 Å². The lowest BCUT2D eigenvalue weighted by Crippen LogP contribution is -2.39. The second kappa shape index (κ2) is 4.87. The Morgan fingerprint density at radius 3 is 3.00 bits per heavy atom. The maximum Gasteiger partial charge on any atom is 0.433 e. The number of hydrogen-bond acceptors (Lipinski definition) is 5. The Kier molecular flexibility index (Phi) is 3.28. The number of nitro groups is 1. The molecular formula is C11H11N3O4. The summed E-state index contributed by atoms with van der Waals surface area (Å²) < 4.78 is 4.86. The zero-order chi connectivity index (χ0) is 13.1. The Bertz CT molecular complexity index is 517. The van der Waals surface area contributed by atoms with Gasteiger partial charge in [0.05, 0.1) is 18.1 Å². The summed E-state index contributed by atoms with van der Waals surface area (Å²) in [4.78, 5) is 23.3. The van der Waals surface area contributed by atoms with E-state index in [9.17, 15) is 14.9 Å². The molecule has 1 fully saturated rings. The van der Waals surface area contributed by atoms with E-state index in [4.69, 9.17) is 9.68 Å². The van der Waals surface area contributed by atoms with Crippen molar-refractivity contribution in [2.24, 2.45) is 5.92 Å². The Morgan fingerprint density at radius 2 is 2.39 bits per heavy atom. The summed E-state index contributed by atoms with van der Waals surface area (Å²) in [6.45, 7) is 0.898. The van der Waals surface area contributed by atoms with Crippen molar-refractivity contribution in [2.45, 2.75) is 12.8 Å². The highest BCUT2D eigenvalue weighted by molar-refractivity contribution is 5.91. The molecule has 2 heterocycles. The van der Waals surface area contributed by atoms with Gasteiger partial charge in [-0.1, -0.05) is 0 Å². The Hall–Kier alpha value is -2.36. The Morgan fingerprint density at radius 1 is 1.61 bits per heavy atom. The number of likely N-dealkylation sites (tertiary alicyclic amines) is 1. The molecule has 0 radical (unpaired) electrons. The third-order valence-corrected chi connectivity index (χ3v) is 2.87. The molecule has 1 saturated heterocycles. The molecule has 0 saturated carbocycles. The topological polar surface area (TPSA) is 100 Å². The van der Waals surface area contributed by atoms with E-state index in [-0.39, 0.29) is 11.7 Å². The summed E-state index contributed by atoms with van der Waals surface area (Å²) in [5.74, 6) is -1.08. The summed E-state index contributed by atoms with van der Waals surface area (Å²) in [5.41, 5.74) is 0. The van der Waals surface area contributed by atoms with Crippen molar-refractivity contribution in [2.75, 3.05) is 13.1 Å². The number of rotatable bonds is 2. The first-order valence-electron chi connectivity index (χ1n) is 5.55. The van der Waals surface area contributed by atoms with Gasteiger partial charge in [-0.25, -0.2) is 0 Å². The number of carbonyl (C=O) groups excluding carboxylic acids is 1. The molecule has 0 aromatic carbocycles. The Balaban J connectivity index is 2.10. The van der Waals surface area contributed by atoms with E-state index in [0.717, 1.165) is 18.9 Å². The average Bonchev–Trinajstić information content (AvgIpc) is 2.87. The molecule has 7 heteroatoms. The molecule has 0 N–H and O–H groups in total. The first kappa shape index (κ1) is 12.1. The van der Waals surface area contributed by atoms with Crippen LogP contribution in [0.1, 0.15) is 23.4 Å². The van der Waals surface area contributed by atoms with Crippen LogP contribution in [0.15, 0.2) is 16.5 Å². The SMILES string of the molecule is N#CC1CCCN(C(=O)c2ccc([N+](=O)[O-])o2)C1. The van der Waals surface area contributed by atoms with Crippen LogP contribution < -0.4 is 0 Å². The largest absolute Gasteiger partial charge is 0.433 e. The maximum absolute atomic E-state index is 12.0. The molecule has 0 bridgehead atoms. The van der Waals surface area contributed by atoms with Crippen molar-refractivity contribution in [3.8, 4) is 6.07 Å². The fourth-order valence-electron chi connectivity index (χ4n) is 1.96. The third-order valence-electron chi connectivity index (χ3n) is 2.87. The van der Waals surface area contributed by atoms with Gasteiger partial charge in [0, 0.05) is 13.1 Å². The van der Waals surface area contributed by atoms with Crippen molar-refractivity contribution in [1.29, 1.82) is 5.26 Å². The average molecular weight is 249 g/mol. The number of hydrogen-bond donors (Lipinski definition) is 0. The van der Waals surface area contributed by atoms with Crippen molar-refractivity contribution < 1.29 is 14.1 Å². The third kappa shape index (κ3) is 2.32. The van der Waals surface area contributed by atoms with Gasteiger partial charge in [0.1, 0.15) is 4.92 Å². The van der Waals surface area contributed by atoms with E-state index in [1.165, 1.54) is 11.0 Å². The van der Waals surface area contributed by atoms with Gasteiger partial charge in [0.25, 0.3) is 5.91 Å². The molecule has 1 unspecified atom stereocenters. The van der Waals surface area contributed by atoms with Crippen LogP contribution in [0, 0.1) is 27.4 Å². The zero-order valence-corrected chi connectivity index (χ0v) is 9.54. The monoisotopic (exact) mass is 249 g/mol. The van der Waals surface area contributed by atoms with Gasteiger partial charge in [0.2, 0.25) is 0 Å². The number of nitrogens with zero attached hydrogens (tertiary/aromatic N) is 3. The van der Waals surface area contributed by atoms with E-state index in [0.29, 0.717) is 13.1 Å². The summed E-state index contributed by atoms with van der Waals surface area (Å²) in [6, 6.07) is 4.57. The van der Waals surface area contributed by atoms with E-state index in [1.807, 2.05) is 0 Å². The molecule has 1 aromatic heterocycles. The highest BCUT2D eigenvalue weighted by atomic mass is 16.6. The zero-order valence-electron chi connectivity index (χ0n) is 9.54. The molecule has 94 valence electrons. The molecule has 0 spiro atoms. The molecule has 0 aliphatic carbocycles. The fraction of sp³-hybridized carbons (Fsp3) is 0.455. The molecule has 2 rings (SSSR count). The van der Waals surface area contributed by atoms with Gasteiger partial charge < -0.3 is 9.32 Å². The number of nitriles is 1. The minimum Gasteiger partial charge on any atom is -0.395 e. The van der Waals surface area contributed by atoms with E-state index >= 15 is 0 Å². The van der Waals surface area contributed by atoms with Crippen molar-refractivity contribution in [3.05, 3.63) is 28.0 Å². The summed E-state index contributed by atoms with van der Waals surface area (Å²) in [6.07, 6.45) is 1.53. The summed E-state index contributed by atoms with van der Waals surface area (Å²) >= 11 is 0. The van der Waals surface area contributed by atoms with Crippen molar-refractivity contribution in [1.82, 2.24) is 4.90 Å². The second-order valence-corrected chi connectivity index (χ2v) is 4.11. The summed E-state index contributed by atoms with van der Waals surface area (Å²) in [7, 11) is 0. The molecular weight excluding hydrogens is 238 g/mol. The molecule has 1 aromatic rings. The maximum atomic E-state index is 12.0. The second-order valence-electron chi connectivity index (χ2n) is 4.11. The van der Waals surface area contributed by atoms with Crippen molar-refractivity contribution in [3.63, 3.8) is 0 Å². The number of piperidine rings is 1. The molecule has 1 aliphatic rings. The lowest BCUT2D eigenvalue weighted by molar-refractivity contribution is -0.402. The number of amides is 1. The van der Waals surface area contributed by atoms with E-state index in [2.05, 4.69) is 6.07 Å². The Labute approximate surface area is 103 Å². The minimum atomic E-state index is -0.689. The van der Waals surface area contributed by atoms with Gasteiger partial charge in [-0.05, 0) is 18.9 Å². The highest BCUT2D eigenvalue weighted by Crippen LogP contribution is 2.21. The van der Waals surface area contributed by atoms with Crippen LogP contribution in [0.25, 0.3) is 0 Å². The lowest BCUT2D eigenvalue weighted by atomic mass is 9.99. The number of furan rings is 1. The molecule has 18 heavy (non-hydrogen) atoms. The normalized spacial score (nSPS) is 19.3. The standard InChI is InChI=1S/C11H11N3O4/c12-6-8-2-1-5-13(7-8)11(15)9-3-4-10(18-9)14(16)17/h3-4,8H,1-2,5,7H2. The minimum absolute atomic E-state index is 0.0553. The first-order chi connectivity index (χ1) is 8.61. The van der Waals surface area contributed by atoms with Gasteiger partial charge in [0.15, 0.2) is 5.76 Å². The quantitative estimate of drug-likeness (QED) is 0.584. The van der Waals surface area contributed by atoms with Gasteiger partial charge in [-0.3, -0.25) is 14.9 Å². The first-order valence-corrected chi connectivity index (χ1v) is 5.55. The lowest BCUT2D eigenvalue weighted by Gasteiger charge is -2.28. The van der Waals surface area contributed by atoms with E-state index in [1.54, 1.807) is 0 Å². The van der Waals surface area contributed by atoms with Gasteiger partial charge in [-0.15, -0.1) is 0 Å². The predicted molar refractivity (Wildman–Crippen MR) is 59.6 cm³/mol. The number of carbonyl (C=O) groups is 1. The van der Waals surface area contributed by atoms with Crippen LogP contribution in [0.2, 0.25) is 0 Å². The smallest absolute Gasteiger partial charge is 0.395 e. The molecule has 1 aliphatic heterocycles. The summed E-state index contributed by atoms with van der Waals surface area (Å²) in [5, 5.41) is 19.3. The van der Waals surface area contributed by atoms with Crippen molar-refractivity contribution >= 4 is 11.8 Å². The van der Waals surface area contributed by atoms with Crippen LogP contribution in [0.4, 0.5) is 5.88 Å². The van der Waals surface area contributed by atoms with Gasteiger partial charge >= 0.3 is 5.88 Å². The molecule has 7 nitrogen and oxygen atoms in total. The highest BCUT2D eigenvalue weighted by Gasteiger charge is 2.27. The molecule has 1 atom stereocenters. The van der Waals surface area contributed by atoms with Crippen LogP contribution in [0.3, 0.4) is 0 Å². The molecule has 1 amide bonds. The van der Waals surface area contributed by atoms with Gasteiger partial charge in [-0.2, -0.15) is 5.26 Å². The van der Waals surface area contributed by atoms with Crippen LogP contribution >= 0.6 is 0 Å². The van der Waals surface area contributed by atoms with Crippen LogP contribution in [-0.4, -0.2) is 28.8 Å². The van der Waals surface area contributed by atoms with Crippen LogP contribution in [-0.2, 0) is 0 Å². The fourth-order valence-corrected chi connectivity index (χ4v) is 1.96. The predicted octanol–water partition coefficient (Wildman–Crippen LogP) is 1.56. The van der Waals surface area contributed by atoms with E-state index < -0.39 is 16.7 Å².